The van der Waals surface area contributed by atoms with Crippen LogP contribution in [0.3, 0.4) is 0 Å². The molecule has 0 aliphatic heterocycles. The molecule has 1 saturated carbocycles. The van der Waals surface area contributed by atoms with E-state index in [0.29, 0.717) is 31.7 Å². The minimum absolute atomic E-state index is 0.0102. The summed E-state index contributed by atoms with van der Waals surface area (Å²) < 4.78 is 80.7. The molecule has 2 aromatic heterocycles. The molecule has 4 rings (SSSR count). The number of alkyl halides is 4. The molecule has 1 aromatic carbocycles. The smallest absolute Gasteiger partial charge is 0.351 e. The van der Waals surface area contributed by atoms with Crippen molar-refractivity contribution in [2.75, 3.05) is 10.6 Å². The zero-order valence-electron chi connectivity index (χ0n) is 17.9. The Morgan fingerprint density at radius 1 is 0.912 bits per heavy atom. The second kappa shape index (κ2) is 9.07. The molecule has 1 fully saturated rings. The van der Waals surface area contributed by atoms with E-state index in [9.17, 15) is 26.3 Å². The Hall–Kier alpha value is -3.44. The predicted molar refractivity (Wildman–Crippen MR) is 113 cm³/mol. The molecular formula is C22H20F6N6. The zero-order chi connectivity index (χ0) is 24.5. The first-order valence-corrected chi connectivity index (χ1v) is 10.5. The lowest BCUT2D eigenvalue weighted by Gasteiger charge is -2.31. The third-order valence-corrected chi connectivity index (χ3v) is 5.38. The molecule has 2 N–H and O–H groups in total. The van der Waals surface area contributed by atoms with Gasteiger partial charge >= 0.3 is 6.18 Å². The number of nitrogens with one attached hydrogen (secondary N) is 2. The number of anilines is 3. The predicted octanol–water partition coefficient (Wildman–Crippen LogP) is 6.06. The summed E-state index contributed by atoms with van der Waals surface area (Å²) in [7, 11) is 0. The van der Waals surface area contributed by atoms with Gasteiger partial charge in [0.2, 0.25) is 11.9 Å². The molecule has 0 bridgehead atoms. The van der Waals surface area contributed by atoms with Crippen molar-refractivity contribution in [3.8, 4) is 11.5 Å². The molecule has 1 aliphatic rings. The summed E-state index contributed by atoms with van der Waals surface area (Å²) in [6.45, 7) is 1.53. The van der Waals surface area contributed by atoms with Gasteiger partial charge in [-0.05, 0) is 56.9 Å². The molecule has 1 aliphatic carbocycles. The Bertz CT molecular complexity index is 1150. The van der Waals surface area contributed by atoms with Crippen LogP contribution in [0.1, 0.15) is 38.3 Å². The highest BCUT2D eigenvalue weighted by atomic mass is 19.4. The Morgan fingerprint density at radius 3 is 2.21 bits per heavy atom. The summed E-state index contributed by atoms with van der Waals surface area (Å²) in [5.41, 5.74) is -2.58. The van der Waals surface area contributed by atoms with Crippen molar-refractivity contribution in [1.29, 1.82) is 0 Å². The van der Waals surface area contributed by atoms with E-state index < -0.39 is 29.2 Å². The standard InChI is InChI=1S/C22H20F6N6/c1-21(25)7-5-14(6-8-21)29-19-32-18(16-3-2-4-17(31-16)22(26,27)28)33-20(34-19)30-15-10-12(23)9-13(24)11-15/h2-4,9-11,14H,5-8H2,1H3,(H2,29,30,32,33,34). The fourth-order valence-electron chi connectivity index (χ4n) is 3.63. The van der Waals surface area contributed by atoms with Gasteiger partial charge in [-0.2, -0.15) is 28.1 Å². The second-order valence-electron chi connectivity index (χ2n) is 8.33. The van der Waals surface area contributed by atoms with E-state index in [1.165, 1.54) is 19.1 Å². The monoisotopic (exact) mass is 482 g/mol. The highest BCUT2D eigenvalue weighted by molar-refractivity contribution is 5.59. The Morgan fingerprint density at radius 2 is 1.56 bits per heavy atom. The van der Waals surface area contributed by atoms with Crippen LogP contribution in [0.5, 0.6) is 0 Å². The van der Waals surface area contributed by atoms with Crippen LogP contribution >= 0.6 is 0 Å². The van der Waals surface area contributed by atoms with Gasteiger partial charge in [-0.3, -0.25) is 0 Å². The summed E-state index contributed by atoms with van der Waals surface area (Å²) >= 11 is 0. The van der Waals surface area contributed by atoms with Gasteiger partial charge in [0.15, 0.2) is 5.82 Å². The Kier molecular flexibility index (Phi) is 6.32. The second-order valence-corrected chi connectivity index (χ2v) is 8.33. The average molecular weight is 482 g/mol. The van der Waals surface area contributed by atoms with E-state index in [1.54, 1.807) is 0 Å². The molecule has 0 spiro atoms. The van der Waals surface area contributed by atoms with Crippen molar-refractivity contribution in [2.24, 2.45) is 0 Å². The van der Waals surface area contributed by atoms with Crippen molar-refractivity contribution in [1.82, 2.24) is 19.9 Å². The van der Waals surface area contributed by atoms with E-state index in [2.05, 4.69) is 30.6 Å². The maximum absolute atomic E-state index is 14.1. The van der Waals surface area contributed by atoms with Gasteiger partial charge < -0.3 is 10.6 Å². The van der Waals surface area contributed by atoms with E-state index in [-0.39, 0.29) is 35.1 Å². The molecule has 0 atom stereocenters. The summed E-state index contributed by atoms with van der Waals surface area (Å²) in [5, 5.41) is 5.69. The molecule has 0 saturated heterocycles. The minimum Gasteiger partial charge on any atom is -0.351 e. The summed E-state index contributed by atoms with van der Waals surface area (Å²) in [6, 6.07) is 5.81. The topological polar surface area (TPSA) is 75.6 Å². The molecule has 0 amide bonds. The normalized spacial score (nSPS) is 20.7. The maximum Gasteiger partial charge on any atom is 0.433 e. The van der Waals surface area contributed by atoms with Crippen molar-refractivity contribution in [3.63, 3.8) is 0 Å². The van der Waals surface area contributed by atoms with Crippen molar-refractivity contribution in [2.45, 2.75) is 50.5 Å². The molecular weight excluding hydrogens is 462 g/mol. The van der Waals surface area contributed by atoms with Crippen LogP contribution in [0.15, 0.2) is 36.4 Å². The fraction of sp³-hybridized carbons (Fsp3) is 0.364. The Labute approximate surface area is 190 Å². The van der Waals surface area contributed by atoms with Crippen LogP contribution < -0.4 is 10.6 Å². The molecule has 0 unspecified atom stereocenters. The highest BCUT2D eigenvalue weighted by Crippen LogP contribution is 2.33. The molecule has 6 nitrogen and oxygen atoms in total. The summed E-state index contributed by atoms with van der Waals surface area (Å²) in [4.78, 5) is 16.1. The van der Waals surface area contributed by atoms with Crippen molar-refractivity contribution in [3.05, 3.63) is 53.7 Å². The van der Waals surface area contributed by atoms with Crippen molar-refractivity contribution < 1.29 is 26.3 Å². The first kappa shape index (κ1) is 23.7. The van der Waals surface area contributed by atoms with Crippen LogP contribution in [0.25, 0.3) is 11.5 Å². The van der Waals surface area contributed by atoms with E-state index in [4.69, 9.17) is 0 Å². The number of pyridine rings is 1. The SMILES string of the molecule is CC1(F)CCC(Nc2nc(Nc3cc(F)cc(F)c3)nc(-c3cccc(C(F)(F)F)n3)n2)CC1. The summed E-state index contributed by atoms with van der Waals surface area (Å²) in [6.07, 6.45) is -3.04. The minimum atomic E-state index is -4.68. The van der Waals surface area contributed by atoms with Gasteiger partial charge in [-0.1, -0.05) is 6.07 Å². The number of halogens is 6. The number of benzene rings is 1. The van der Waals surface area contributed by atoms with Crippen LogP contribution in [0.4, 0.5) is 43.9 Å². The average Bonchev–Trinajstić information content (AvgIpc) is 2.74. The molecule has 12 heteroatoms. The summed E-state index contributed by atoms with van der Waals surface area (Å²) in [5.74, 6) is -2.02. The van der Waals surface area contributed by atoms with Gasteiger partial charge in [0.1, 0.15) is 28.7 Å². The largest absolute Gasteiger partial charge is 0.433 e. The quantitative estimate of drug-likeness (QED) is 0.431. The molecule has 180 valence electrons. The van der Waals surface area contributed by atoms with Gasteiger partial charge in [-0.15, -0.1) is 0 Å². The molecule has 3 aromatic rings. The first-order chi connectivity index (χ1) is 16.0. The molecule has 0 radical (unpaired) electrons. The number of hydrogen-bond donors (Lipinski definition) is 2. The number of nitrogens with zero attached hydrogens (tertiary/aromatic N) is 4. The van der Waals surface area contributed by atoms with Crippen LogP contribution in [0.2, 0.25) is 0 Å². The molecule has 2 heterocycles. The highest BCUT2D eigenvalue weighted by Gasteiger charge is 2.33. The lowest BCUT2D eigenvalue weighted by atomic mass is 9.85. The zero-order valence-corrected chi connectivity index (χ0v) is 17.9. The molecule has 34 heavy (non-hydrogen) atoms. The van der Waals surface area contributed by atoms with E-state index in [0.717, 1.165) is 18.2 Å². The van der Waals surface area contributed by atoms with Crippen LogP contribution in [-0.4, -0.2) is 31.6 Å². The van der Waals surface area contributed by atoms with Crippen LogP contribution in [0, 0.1) is 11.6 Å². The van der Waals surface area contributed by atoms with E-state index >= 15 is 0 Å². The lowest BCUT2D eigenvalue weighted by molar-refractivity contribution is -0.141. The van der Waals surface area contributed by atoms with Gasteiger partial charge in [-0.25, -0.2) is 18.2 Å². The third-order valence-electron chi connectivity index (χ3n) is 5.38. The van der Waals surface area contributed by atoms with Crippen LogP contribution in [-0.2, 0) is 6.18 Å². The third kappa shape index (κ3) is 5.91. The number of hydrogen-bond acceptors (Lipinski definition) is 6. The van der Waals surface area contributed by atoms with Gasteiger partial charge in [0, 0.05) is 17.8 Å². The fourth-order valence-corrected chi connectivity index (χ4v) is 3.63. The lowest BCUT2D eigenvalue weighted by Crippen LogP contribution is -2.33. The number of rotatable bonds is 5. The van der Waals surface area contributed by atoms with Gasteiger partial charge in [0.25, 0.3) is 0 Å². The van der Waals surface area contributed by atoms with E-state index in [1.807, 2.05) is 0 Å². The Balaban J connectivity index is 1.69. The van der Waals surface area contributed by atoms with Gasteiger partial charge in [0.05, 0.1) is 0 Å². The number of aromatic nitrogens is 4. The maximum atomic E-state index is 14.1. The first-order valence-electron chi connectivity index (χ1n) is 10.5. The van der Waals surface area contributed by atoms with Crippen molar-refractivity contribution >= 4 is 17.6 Å².